The van der Waals surface area contributed by atoms with Crippen molar-refractivity contribution in [3.05, 3.63) is 36.0 Å². The van der Waals surface area contributed by atoms with Gasteiger partial charge in [0, 0.05) is 17.1 Å². The zero-order valence-corrected chi connectivity index (χ0v) is 9.78. The number of benzene rings is 1. The molecule has 0 radical (unpaired) electrons. The fraction of sp³-hybridized carbons (Fsp3) is 0.182. The van der Waals surface area contributed by atoms with Crippen LogP contribution in [0.2, 0.25) is 0 Å². The maximum atomic E-state index is 11.5. The zero-order valence-electron chi connectivity index (χ0n) is 8.97. The number of carbonyl (C=O) groups is 1. The minimum absolute atomic E-state index is 0.140. The number of ketones is 1. The van der Waals surface area contributed by atoms with Gasteiger partial charge >= 0.3 is 0 Å². The van der Waals surface area contributed by atoms with Crippen LogP contribution in [0, 0.1) is 0 Å². The van der Waals surface area contributed by atoms with Gasteiger partial charge in [0.05, 0.1) is 11.8 Å². The standard InChI is InChI=1S/C11H11NO3S/c1-8(13)10-7-12(16(2,14)15)11-6-4-3-5-9(10)11/h3-7H,1-2H3. The van der Waals surface area contributed by atoms with Crippen LogP contribution in [0.5, 0.6) is 0 Å². The van der Waals surface area contributed by atoms with Gasteiger partial charge in [-0.1, -0.05) is 18.2 Å². The lowest BCUT2D eigenvalue weighted by Crippen LogP contribution is -2.08. The Labute approximate surface area is 93.5 Å². The molecule has 0 aliphatic heterocycles. The van der Waals surface area contributed by atoms with E-state index in [4.69, 9.17) is 0 Å². The van der Waals surface area contributed by atoms with E-state index in [-0.39, 0.29) is 5.78 Å². The Bertz CT molecular complexity index is 668. The lowest BCUT2D eigenvalue weighted by atomic mass is 10.1. The van der Waals surface area contributed by atoms with Crippen LogP contribution in [0.15, 0.2) is 30.5 Å². The molecule has 0 aliphatic carbocycles. The second-order valence-electron chi connectivity index (χ2n) is 3.67. The number of hydrogen-bond donors (Lipinski definition) is 0. The van der Waals surface area contributed by atoms with Crippen LogP contribution >= 0.6 is 0 Å². The van der Waals surface area contributed by atoms with Gasteiger partial charge in [-0.05, 0) is 13.0 Å². The quantitative estimate of drug-likeness (QED) is 0.746. The Kier molecular flexibility index (Phi) is 2.35. The van der Waals surface area contributed by atoms with Gasteiger partial charge < -0.3 is 0 Å². The van der Waals surface area contributed by atoms with Crippen LogP contribution in [0.1, 0.15) is 17.3 Å². The molecule has 2 aromatic rings. The summed E-state index contributed by atoms with van der Waals surface area (Å²) in [4.78, 5) is 11.4. The molecule has 0 fully saturated rings. The number of fused-ring (bicyclic) bond motifs is 1. The molecular weight excluding hydrogens is 226 g/mol. The molecule has 0 saturated heterocycles. The molecule has 1 aromatic carbocycles. The number of rotatable bonds is 2. The predicted octanol–water partition coefficient (Wildman–Crippen LogP) is 1.65. The third-order valence-electron chi connectivity index (χ3n) is 2.41. The average molecular weight is 237 g/mol. The molecule has 84 valence electrons. The first kappa shape index (κ1) is 10.9. The van der Waals surface area contributed by atoms with Crippen LogP contribution in [-0.2, 0) is 10.0 Å². The van der Waals surface area contributed by atoms with E-state index in [1.807, 2.05) is 0 Å². The second kappa shape index (κ2) is 3.45. The Hall–Kier alpha value is -1.62. The van der Waals surface area contributed by atoms with Gasteiger partial charge in [0.2, 0.25) is 10.0 Å². The van der Waals surface area contributed by atoms with E-state index in [1.54, 1.807) is 24.3 Å². The first-order valence-electron chi connectivity index (χ1n) is 4.73. The number of para-hydroxylation sites is 1. The summed E-state index contributed by atoms with van der Waals surface area (Å²) in [7, 11) is -3.38. The van der Waals surface area contributed by atoms with Gasteiger partial charge in [0.15, 0.2) is 5.78 Å². The van der Waals surface area contributed by atoms with Gasteiger partial charge in [-0.25, -0.2) is 12.4 Å². The first-order valence-corrected chi connectivity index (χ1v) is 6.57. The highest BCUT2D eigenvalue weighted by molar-refractivity contribution is 7.89. The van der Waals surface area contributed by atoms with E-state index in [0.29, 0.717) is 16.5 Å². The van der Waals surface area contributed by atoms with Crippen molar-refractivity contribution >= 4 is 26.7 Å². The molecule has 0 unspecified atom stereocenters. The van der Waals surface area contributed by atoms with E-state index in [9.17, 15) is 13.2 Å². The van der Waals surface area contributed by atoms with Crippen LogP contribution < -0.4 is 0 Å². The fourth-order valence-corrected chi connectivity index (χ4v) is 2.52. The van der Waals surface area contributed by atoms with E-state index in [1.165, 1.54) is 13.1 Å². The highest BCUT2D eigenvalue weighted by atomic mass is 32.2. The Morgan fingerprint density at radius 2 is 1.88 bits per heavy atom. The van der Waals surface area contributed by atoms with Crippen molar-refractivity contribution < 1.29 is 13.2 Å². The fourth-order valence-electron chi connectivity index (χ4n) is 1.70. The molecule has 16 heavy (non-hydrogen) atoms. The molecule has 0 spiro atoms. The third-order valence-corrected chi connectivity index (χ3v) is 3.43. The van der Waals surface area contributed by atoms with Crippen molar-refractivity contribution in [2.75, 3.05) is 6.26 Å². The zero-order chi connectivity index (χ0) is 11.9. The molecule has 4 nitrogen and oxygen atoms in total. The van der Waals surface area contributed by atoms with Crippen LogP contribution in [-0.4, -0.2) is 24.4 Å². The van der Waals surface area contributed by atoms with Crippen molar-refractivity contribution in [3.8, 4) is 0 Å². The molecular formula is C11H11NO3S. The lowest BCUT2D eigenvalue weighted by Gasteiger charge is -2.00. The number of Topliss-reactive ketones (excluding diaryl/α,β-unsaturated/α-hetero) is 1. The first-order chi connectivity index (χ1) is 7.41. The predicted molar refractivity (Wildman–Crippen MR) is 62.2 cm³/mol. The summed E-state index contributed by atoms with van der Waals surface area (Å²) >= 11 is 0. The summed E-state index contributed by atoms with van der Waals surface area (Å²) in [5.74, 6) is -0.140. The van der Waals surface area contributed by atoms with Gasteiger partial charge in [-0.2, -0.15) is 0 Å². The van der Waals surface area contributed by atoms with Crippen LogP contribution in [0.25, 0.3) is 10.9 Å². The molecule has 1 heterocycles. The lowest BCUT2D eigenvalue weighted by molar-refractivity contribution is 0.101. The monoisotopic (exact) mass is 237 g/mol. The minimum atomic E-state index is -3.38. The SMILES string of the molecule is CC(=O)c1cn(S(C)(=O)=O)c2ccccc12. The summed E-state index contributed by atoms with van der Waals surface area (Å²) in [6.07, 6.45) is 2.49. The van der Waals surface area contributed by atoms with Gasteiger partial charge in [-0.3, -0.25) is 4.79 Å². The van der Waals surface area contributed by atoms with E-state index >= 15 is 0 Å². The third kappa shape index (κ3) is 1.63. The van der Waals surface area contributed by atoms with Gasteiger partial charge in [0.1, 0.15) is 0 Å². The molecule has 0 aliphatic rings. The maximum absolute atomic E-state index is 11.5. The average Bonchev–Trinajstić information content (AvgIpc) is 2.56. The van der Waals surface area contributed by atoms with Crippen molar-refractivity contribution in [1.29, 1.82) is 0 Å². The van der Waals surface area contributed by atoms with Gasteiger partial charge in [0.25, 0.3) is 0 Å². The Balaban J connectivity index is 2.93. The second-order valence-corrected chi connectivity index (χ2v) is 5.53. The van der Waals surface area contributed by atoms with Crippen LogP contribution in [0.4, 0.5) is 0 Å². The highest BCUT2D eigenvalue weighted by Crippen LogP contribution is 2.22. The number of aromatic nitrogens is 1. The number of nitrogens with zero attached hydrogens (tertiary/aromatic N) is 1. The van der Waals surface area contributed by atoms with Crippen molar-refractivity contribution in [3.63, 3.8) is 0 Å². The molecule has 0 N–H and O–H groups in total. The van der Waals surface area contributed by atoms with E-state index in [2.05, 4.69) is 0 Å². The summed E-state index contributed by atoms with van der Waals surface area (Å²) in [5.41, 5.74) is 0.969. The van der Waals surface area contributed by atoms with E-state index in [0.717, 1.165) is 10.2 Å². The molecule has 5 heteroatoms. The van der Waals surface area contributed by atoms with E-state index < -0.39 is 10.0 Å². The molecule has 0 bridgehead atoms. The Morgan fingerprint density at radius 3 is 2.44 bits per heavy atom. The van der Waals surface area contributed by atoms with Crippen molar-refractivity contribution in [1.82, 2.24) is 3.97 Å². The smallest absolute Gasteiger partial charge is 0.236 e. The van der Waals surface area contributed by atoms with Crippen LogP contribution in [0.3, 0.4) is 0 Å². The maximum Gasteiger partial charge on any atom is 0.236 e. The molecule has 0 saturated carbocycles. The summed E-state index contributed by atoms with van der Waals surface area (Å²) in [6, 6.07) is 6.95. The number of carbonyl (C=O) groups excluding carboxylic acids is 1. The molecule has 1 aromatic heterocycles. The minimum Gasteiger partial charge on any atom is -0.294 e. The molecule has 0 amide bonds. The largest absolute Gasteiger partial charge is 0.294 e. The normalized spacial score (nSPS) is 11.9. The highest BCUT2D eigenvalue weighted by Gasteiger charge is 2.16. The van der Waals surface area contributed by atoms with Crippen molar-refractivity contribution in [2.24, 2.45) is 0 Å². The number of hydrogen-bond acceptors (Lipinski definition) is 3. The Morgan fingerprint density at radius 1 is 1.25 bits per heavy atom. The topological polar surface area (TPSA) is 56.1 Å². The van der Waals surface area contributed by atoms with Crippen molar-refractivity contribution in [2.45, 2.75) is 6.92 Å². The summed E-state index contributed by atoms with van der Waals surface area (Å²) in [6.45, 7) is 1.42. The summed E-state index contributed by atoms with van der Waals surface area (Å²) < 4.78 is 24.2. The summed E-state index contributed by atoms with van der Waals surface area (Å²) in [5, 5.41) is 0.667. The molecule has 0 atom stereocenters. The van der Waals surface area contributed by atoms with Gasteiger partial charge in [-0.15, -0.1) is 0 Å². The molecule has 2 rings (SSSR count).